The molecule has 20 heavy (non-hydrogen) atoms. The molecule has 1 saturated carbocycles. The monoisotopic (exact) mass is 272 g/mol. The van der Waals surface area contributed by atoms with E-state index in [1.807, 2.05) is 30.3 Å². The fourth-order valence-corrected chi connectivity index (χ4v) is 3.49. The molecule has 1 aliphatic carbocycles. The zero-order chi connectivity index (χ0) is 14.3. The summed E-state index contributed by atoms with van der Waals surface area (Å²) in [6.07, 6.45) is 3.61. The van der Waals surface area contributed by atoms with Crippen LogP contribution in [0, 0.1) is 5.92 Å². The number of nitrogens with zero attached hydrogens (tertiary/aromatic N) is 1. The van der Waals surface area contributed by atoms with E-state index in [-0.39, 0.29) is 23.7 Å². The minimum Gasteiger partial charge on any atom is -0.320 e. The van der Waals surface area contributed by atoms with E-state index in [9.17, 15) is 4.79 Å². The highest BCUT2D eigenvalue weighted by Gasteiger charge is 2.51. The number of benzene rings is 1. The molecule has 1 aromatic rings. The molecule has 108 valence electrons. The van der Waals surface area contributed by atoms with Gasteiger partial charge in [0.05, 0.1) is 6.17 Å². The molecule has 3 rings (SSSR count). The standard InChI is InChI=1S/C17H24N2O/c1-4-14-18-15(12-8-6-5-7-9-12)16(20)19(14)17(2,3)13-10-11-13/h5-9,13-15,18H,4,10-11H2,1-3H3. The Bertz CT molecular complexity index is 493. The fourth-order valence-electron chi connectivity index (χ4n) is 3.49. The summed E-state index contributed by atoms with van der Waals surface area (Å²) in [5.74, 6) is 0.900. The van der Waals surface area contributed by atoms with Crippen molar-refractivity contribution in [3.05, 3.63) is 35.9 Å². The van der Waals surface area contributed by atoms with Gasteiger partial charge in [0.25, 0.3) is 0 Å². The maximum atomic E-state index is 12.9. The number of rotatable bonds is 4. The number of carbonyl (C=O) groups excluding carboxylic acids is 1. The van der Waals surface area contributed by atoms with Crippen molar-refractivity contribution in [3.63, 3.8) is 0 Å². The van der Waals surface area contributed by atoms with Crippen LogP contribution in [0.3, 0.4) is 0 Å². The van der Waals surface area contributed by atoms with Gasteiger partial charge in [-0.3, -0.25) is 10.1 Å². The molecule has 1 aliphatic heterocycles. The van der Waals surface area contributed by atoms with Crippen LogP contribution in [0.2, 0.25) is 0 Å². The zero-order valence-electron chi connectivity index (χ0n) is 12.6. The minimum absolute atomic E-state index is 0.0334. The largest absolute Gasteiger partial charge is 0.320 e. The number of carbonyl (C=O) groups is 1. The molecular formula is C17H24N2O. The van der Waals surface area contributed by atoms with Crippen molar-refractivity contribution in [3.8, 4) is 0 Å². The SMILES string of the molecule is CCC1NC(c2ccccc2)C(=O)N1C(C)(C)C1CC1. The maximum absolute atomic E-state index is 12.9. The predicted molar refractivity (Wildman–Crippen MR) is 80.0 cm³/mol. The first-order valence-corrected chi connectivity index (χ1v) is 7.70. The van der Waals surface area contributed by atoms with Crippen molar-refractivity contribution in [1.82, 2.24) is 10.2 Å². The Morgan fingerprint density at radius 2 is 1.90 bits per heavy atom. The van der Waals surface area contributed by atoms with Gasteiger partial charge in [0.15, 0.2) is 0 Å². The lowest BCUT2D eigenvalue weighted by Crippen LogP contribution is -2.52. The average molecular weight is 272 g/mol. The van der Waals surface area contributed by atoms with E-state index in [0.29, 0.717) is 5.92 Å². The Labute approximate surface area is 121 Å². The van der Waals surface area contributed by atoms with Crippen LogP contribution in [0.4, 0.5) is 0 Å². The van der Waals surface area contributed by atoms with Crippen LogP contribution in [-0.4, -0.2) is 22.5 Å². The van der Waals surface area contributed by atoms with Gasteiger partial charge in [-0.05, 0) is 44.6 Å². The van der Waals surface area contributed by atoms with Crippen LogP contribution in [0.5, 0.6) is 0 Å². The number of amides is 1. The van der Waals surface area contributed by atoms with E-state index in [0.717, 1.165) is 12.0 Å². The van der Waals surface area contributed by atoms with E-state index in [1.165, 1.54) is 12.8 Å². The van der Waals surface area contributed by atoms with Gasteiger partial charge >= 0.3 is 0 Å². The second-order valence-electron chi connectivity index (χ2n) is 6.57. The summed E-state index contributed by atoms with van der Waals surface area (Å²) < 4.78 is 0. The molecule has 2 fully saturated rings. The number of nitrogens with one attached hydrogen (secondary N) is 1. The van der Waals surface area contributed by atoms with E-state index >= 15 is 0 Å². The maximum Gasteiger partial charge on any atom is 0.246 e. The topological polar surface area (TPSA) is 32.3 Å². The lowest BCUT2D eigenvalue weighted by molar-refractivity contribution is -0.136. The van der Waals surface area contributed by atoms with Crippen molar-refractivity contribution >= 4 is 5.91 Å². The molecule has 1 aromatic carbocycles. The first kappa shape index (κ1) is 13.6. The summed E-state index contributed by atoms with van der Waals surface area (Å²) in [7, 11) is 0. The van der Waals surface area contributed by atoms with Gasteiger partial charge in [0, 0.05) is 5.54 Å². The number of hydrogen-bond donors (Lipinski definition) is 1. The van der Waals surface area contributed by atoms with Crippen molar-refractivity contribution in [2.75, 3.05) is 0 Å². The molecule has 1 heterocycles. The summed E-state index contributed by atoms with van der Waals surface area (Å²) in [5.41, 5.74) is 1.04. The fraction of sp³-hybridized carbons (Fsp3) is 0.588. The first-order chi connectivity index (χ1) is 9.55. The van der Waals surface area contributed by atoms with Gasteiger partial charge in [0.2, 0.25) is 5.91 Å². The minimum atomic E-state index is -0.181. The number of hydrogen-bond acceptors (Lipinski definition) is 2. The normalized spacial score (nSPS) is 27.1. The van der Waals surface area contributed by atoms with Crippen molar-refractivity contribution in [2.45, 2.75) is 57.8 Å². The van der Waals surface area contributed by atoms with Gasteiger partial charge in [-0.2, -0.15) is 0 Å². The highest BCUT2D eigenvalue weighted by Crippen LogP contribution is 2.45. The first-order valence-electron chi connectivity index (χ1n) is 7.70. The summed E-state index contributed by atoms with van der Waals surface area (Å²) >= 11 is 0. The molecule has 0 aromatic heterocycles. The molecule has 2 unspecified atom stereocenters. The molecule has 1 saturated heterocycles. The predicted octanol–water partition coefficient (Wildman–Crippen LogP) is 3.08. The van der Waals surface area contributed by atoms with Crippen molar-refractivity contribution < 1.29 is 4.79 Å². The summed E-state index contributed by atoms with van der Waals surface area (Å²) in [6, 6.07) is 9.89. The van der Waals surface area contributed by atoms with Crippen molar-refractivity contribution in [2.24, 2.45) is 5.92 Å². The van der Waals surface area contributed by atoms with Gasteiger partial charge in [-0.1, -0.05) is 37.3 Å². The van der Waals surface area contributed by atoms with Crippen LogP contribution in [0.25, 0.3) is 0 Å². The van der Waals surface area contributed by atoms with Crippen molar-refractivity contribution in [1.29, 1.82) is 0 Å². The van der Waals surface area contributed by atoms with Crippen LogP contribution in [-0.2, 0) is 4.79 Å². The molecule has 1 N–H and O–H groups in total. The van der Waals surface area contributed by atoms with E-state index < -0.39 is 0 Å². The Morgan fingerprint density at radius 3 is 2.45 bits per heavy atom. The molecule has 1 amide bonds. The molecule has 0 spiro atoms. The Balaban J connectivity index is 1.89. The molecular weight excluding hydrogens is 248 g/mol. The van der Waals surface area contributed by atoms with Gasteiger partial charge in [-0.25, -0.2) is 0 Å². The summed E-state index contributed by atoms with van der Waals surface area (Å²) in [5, 5.41) is 3.52. The third-order valence-corrected chi connectivity index (χ3v) is 4.87. The van der Waals surface area contributed by atoms with Crippen LogP contribution in [0.1, 0.15) is 51.6 Å². The van der Waals surface area contributed by atoms with Crippen LogP contribution >= 0.6 is 0 Å². The van der Waals surface area contributed by atoms with E-state index in [1.54, 1.807) is 0 Å². The second kappa shape index (κ2) is 4.88. The molecule has 0 radical (unpaired) electrons. The Hall–Kier alpha value is -1.35. The van der Waals surface area contributed by atoms with Crippen LogP contribution in [0.15, 0.2) is 30.3 Å². The Kier molecular flexibility index (Phi) is 3.33. The molecule has 2 aliphatic rings. The average Bonchev–Trinajstić information content (AvgIpc) is 3.24. The highest BCUT2D eigenvalue weighted by atomic mass is 16.2. The molecule has 3 heteroatoms. The molecule has 0 bridgehead atoms. The summed E-state index contributed by atoms with van der Waals surface area (Å²) in [4.78, 5) is 15.0. The molecule has 3 nitrogen and oxygen atoms in total. The van der Waals surface area contributed by atoms with E-state index in [2.05, 4.69) is 31.0 Å². The molecule has 2 atom stereocenters. The quantitative estimate of drug-likeness (QED) is 0.913. The third kappa shape index (κ3) is 2.14. The smallest absolute Gasteiger partial charge is 0.246 e. The van der Waals surface area contributed by atoms with Crippen LogP contribution < -0.4 is 5.32 Å². The van der Waals surface area contributed by atoms with Gasteiger partial charge < -0.3 is 4.90 Å². The second-order valence-corrected chi connectivity index (χ2v) is 6.57. The summed E-state index contributed by atoms with van der Waals surface area (Å²) in [6.45, 7) is 6.59. The zero-order valence-corrected chi connectivity index (χ0v) is 12.6. The third-order valence-electron chi connectivity index (χ3n) is 4.87. The Morgan fingerprint density at radius 1 is 1.25 bits per heavy atom. The lowest BCUT2D eigenvalue weighted by atomic mass is 9.94. The van der Waals surface area contributed by atoms with Gasteiger partial charge in [0.1, 0.15) is 6.04 Å². The highest BCUT2D eigenvalue weighted by molar-refractivity contribution is 5.86. The lowest BCUT2D eigenvalue weighted by Gasteiger charge is -2.39. The van der Waals surface area contributed by atoms with E-state index in [4.69, 9.17) is 0 Å². The van der Waals surface area contributed by atoms with Gasteiger partial charge in [-0.15, -0.1) is 0 Å².